The molecule has 2 N–H and O–H groups in total. The molecule has 4 aromatic rings. The van der Waals surface area contributed by atoms with Crippen molar-refractivity contribution in [3.8, 4) is 17.4 Å². The number of carbonyl (C=O) groups is 2. The van der Waals surface area contributed by atoms with E-state index in [0.29, 0.717) is 22.0 Å². The summed E-state index contributed by atoms with van der Waals surface area (Å²) < 4.78 is 11.2. The van der Waals surface area contributed by atoms with E-state index in [1.54, 1.807) is 80.0 Å². The number of benzene rings is 3. The number of nitrogens with zero attached hydrogens (tertiary/aromatic N) is 1. The van der Waals surface area contributed by atoms with Gasteiger partial charge in [0, 0.05) is 45.3 Å². The Hall–Kier alpha value is -4.62. The molecule has 0 atom stereocenters. The number of nitrogens with one attached hydrogen (secondary N) is 2. The molecule has 3 aromatic carbocycles. The van der Waals surface area contributed by atoms with E-state index >= 15 is 0 Å². The summed E-state index contributed by atoms with van der Waals surface area (Å²) in [5.74, 6) is 0.857. The lowest BCUT2D eigenvalue weighted by Gasteiger charge is -2.35. The topological polar surface area (TPSA) is 89.5 Å². The summed E-state index contributed by atoms with van der Waals surface area (Å²) in [5, 5.41) is 6.91. The van der Waals surface area contributed by atoms with Gasteiger partial charge in [-0.15, -0.1) is 0 Å². The van der Waals surface area contributed by atoms with Gasteiger partial charge in [0.1, 0.15) is 17.1 Å². The van der Waals surface area contributed by atoms with Crippen LogP contribution in [0.3, 0.4) is 0 Å². The number of anilines is 1. The second kappa shape index (κ2) is 11.2. The zero-order chi connectivity index (χ0) is 28.3. The molecule has 202 valence electrons. The van der Waals surface area contributed by atoms with Crippen LogP contribution in [0.25, 0.3) is 5.70 Å². The van der Waals surface area contributed by atoms with Crippen LogP contribution in [0.4, 0.5) is 5.69 Å². The van der Waals surface area contributed by atoms with Crippen molar-refractivity contribution in [2.45, 2.75) is 25.8 Å². The Balaban J connectivity index is 1.32. The molecule has 1 aromatic heterocycles. The van der Waals surface area contributed by atoms with Crippen molar-refractivity contribution in [1.29, 1.82) is 0 Å². The number of fused-ring (bicyclic) bond motifs is 1. The first-order chi connectivity index (χ1) is 19.2. The molecular formula is C32H28ClN3O4. The smallest absolute Gasteiger partial charge is 0.261 e. The van der Waals surface area contributed by atoms with Crippen molar-refractivity contribution in [1.82, 2.24) is 10.3 Å². The Bertz CT molecular complexity index is 1600. The molecule has 0 radical (unpaired) electrons. The highest BCUT2D eigenvalue weighted by molar-refractivity contribution is 6.30. The van der Waals surface area contributed by atoms with Crippen LogP contribution in [0.5, 0.6) is 17.4 Å². The quantitative estimate of drug-likeness (QED) is 0.190. The van der Waals surface area contributed by atoms with E-state index in [4.69, 9.17) is 21.1 Å². The fourth-order valence-corrected chi connectivity index (χ4v) is 4.67. The summed E-state index contributed by atoms with van der Waals surface area (Å²) in [4.78, 5) is 30.5. The second-order valence-corrected chi connectivity index (χ2v) is 10.5. The van der Waals surface area contributed by atoms with Crippen LogP contribution in [-0.4, -0.2) is 29.3 Å². The molecule has 0 unspecified atom stereocenters. The number of carbonyl (C=O) groups excluding carboxylic acids is 2. The van der Waals surface area contributed by atoms with Gasteiger partial charge in [-0.2, -0.15) is 0 Å². The number of aromatic nitrogens is 1. The molecular weight excluding hydrogens is 526 g/mol. The minimum absolute atomic E-state index is 0.155. The number of pyridine rings is 1. The summed E-state index contributed by atoms with van der Waals surface area (Å²) in [6, 6.07) is 22.7. The molecule has 0 saturated heterocycles. The highest BCUT2D eigenvalue weighted by atomic mass is 35.5. The van der Waals surface area contributed by atoms with Gasteiger partial charge in [-0.3, -0.25) is 9.59 Å². The van der Waals surface area contributed by atoms with E-state index in [0.717, 1.165) is 29.0 Å². The predicted octanol–water partition coefficient (Wildman–Crippen LogP) is 6.94. The van der Waals surface area contributed by atoms with E-state index in [1.165, 1.54) is 0 Å². The van der Waals surface area contributed by atoms with Gasteiger partial charge in [0.2, 0.25) is 5.88 Å². The Morgan fingerprint density at radius 3 is 2.45 bits per heavy atom. The largest absolute Gasteiger partial charge is 0.497 e. The van der Waals surface area contributed by atoms with Crippen LogP contribution in [0.2, 0.25) is 5.02 Å². The van der Waals surface area contributed by atoms with Crippen LogP contribution >= 0.6 is 11.6 Å². The van der Waals surface area contributed by atoms with Crippen LogP contribution in [0.1, 0.15) is 45.7 Å². The fourth-order valence-electron chi connectivity index (χ4n) is 4.54. The van der Waals surface area contributed by atoms with Crippen molar-refractivity contribution >= 4 is 34.7 Å². The van der Waals surface area contributed by atoms with Gasteiger partial charge in [0.25, 0.3) is 5.91 Å². The number of amides is 1. The Labute approximate surface area is 237 Å². The van der Waals surface area contributed by atoms with Gasteiger partial charge in [-0.1, -0.05) is 17.7 Å². The van der Waals surface area contributed by atoms with Crippen LogP contribution < -0.4 is 20.1 Å². The zero-order valence-electron chi connectivity index (χ0n) is 22.3. The summed E-state index contributed by atoms with van der Waals surface area (Å²) >= 11 is 5.94. The van der Waals surface area contributed by atoms with Gasteiger partial charge in [-0.25, -0.2) is 4.98 Å². The standard InChI is InChI=1S/C32H28ClN3O4/c1-32(2)19-21-8-13-25(39-3)17-27(21)28(36-32)18-29(37)20-6-11-23(12-7-20)35-30(38)26-5-4-16-34-31(26)40-24-14-9-22(33)10-15-24/h4-18,36H,19H2,1-3H3,(H,35,38). The third-order valence-electron chi connectivity index (χ3n) is 6.46. The highest BCUT2D eigenvalue weighted by Crippen LogP contribution is 2.32. The molecule has 0 fully saturated rings. The number of hydrogen-bond donors (Lipinski definition) is 2. The van der Waals surface area contributed by atoms with Crippen molar-refractivity contribution in [3.05, 3.63) is 118 Å². The minimum Gasteiger partial charge on any atom is -0.497 e. The van der Waals surface area contributed by atoms with Crippen molar-refractivity contribution < 1.29 is 19.1 Å². The number of ether oxygens (including phenoxy) is 2. The molecule has 8 heteroatoms. The minimum atomic E-state index is -0.391. The van der Waals surface area contributed by atoms with Crippen LogP contribution in [0.15, 0.2) is 91.1 Å². The lowest BCUT2D eigenvalue weighted by molar-refractivity contribution is 0.102. The predicted molar refractivity (Wildman–Crippen MR) is 156 cm³/mol. The highest BCUT2D eigenvalue weighted by Gasteiger charge is 2.28. The molecule has 1 amide bonds. The molecule has 0 spiro atoms. The number of rotatable bonds is 7. The SMILES string of the molecule is COc1ccc2c(c1)C(=CC(=O)c1ccc(NC(=O)c3cccnc3Oc3ccc(Cl)cc3)cc1)NC(C)(C)C2. The van der Waals surface area contributed by atoms with E-state index in [-0.39, 0.29) is 22.8 Å². The van der Waals surface area contributed by atoms with E-state index in [1.807, 2.05) is 18.2 Å². The summed E-state index contributed by atoms with van der Waals surface area (Å²) in [6.45, 7) is 4.20. The van der Waals surface area contributed by atoms with E-state index in [2.05, 4.69) is 29.5 Å². The van der Waals surface area contributed by atoms with E-state index in [9.17, 15) is 9.59 Å². The maximum atomic E-state index is 13.2. The van der Waals surface area contributed by atoms with Crippen LogP contribution in [-0.2, 0) is 6.42 Å². The first-order valence-electron chi connectivity index (χ1n) is 12.7. The second-order valence-electron chi connectivity index (χ2n) is 10.1. The molecule has 1 aliphatic rings. The molecule has 7 nitrogen and oxygen atoms in total. The Morgan fingerprint density at radius 2 is 1.73 bits per heavy atom. The van der Waals surface area contributed by atoms with Crippen molar-refractivity contribution in [2.24, 2.45) is 0 Å². The average Bonchev–Trinajstić information content (AvgIpc) is 2.94. The first-order valence-corrected chi connectivity index (χ1v) is 13.1. The maximum Gasteiger partial charge on any atom is 0.261 e. The van der Waals surface area contributed by atoms with Crippen molar-refractivity contribution in [2.75, 3.05) is 12.4 Å². The molecule has 0 bridgehead atoms. The fraction of sp³-hybridized carbons (Fsp3) is 0.156. The van der Waals surface area contributed by atoms with E-state index < -0.39 is 5.91 Å². The molecule has 5 rings (SSSR count). The lowest BCUT2D eigenvalue weighted by Crippen LogP contribution is -2.43. The summed E-state index contributed by atoms with van der Waals surface area (Å²) in [6.07, 6.45) is 3.99. The van der Waals surface area contributed by atoms with Crippen molar-refractivity contribution in [3.63, 3.8) is 0 Å². The maximum absolute atomic E-state index is 13.2. The molecule has 1 aliphatic heterocycles. The first kappa shape index (κ1) is 27.0. The number of ketones is 1. The monoisotopic (exact) mass is 553 g/mol. The van der Waals surface area contributed by atoms with Gasteiger partial charge < -0.3 is 20.1 Å². The summed E-state index contributed by atoms with van der Waals surface area (Å²) in [5.41, 5.74) is 3.93. The third-order valence-corrected chi connectivity index (χ3v) is 6.71. The van der Waals surface area contributed by atoms with Gasteiger partial charge in [0.05, 0.1) is 7.11 Å². The third kappa shape index (κ3) is 6.16. The molecule has 40 heavy (non-hydrogen) atoms. The number of hydrogen-bond acceptors (Lipinski definition) is 6. The summed E-state index contributed by atoms with van der Waals surface area (Å²) in [7, 11) is 1.62. The molecule has 0 aliphatic carbocycles. The number of halogens is 1. The number of allylic oxidation sites excluding steroid dienone is 1. The number of methoxy groups -OCH3 is 1. The molecule has 2 heterocycles. The van der Waals surface area contributed by atoms with Gasteiger partial charge in [0.15, 0.2) is 5.78 Å². The normalized spacial score (nSPS) is 14.6. The lowest BCUT2D eigenvalue weighted by atomic mass is 9.85. The Kier molecular flexibility index (Phi) is 7.58. The molecule has 0 saturated carbocycles. The van der Waals surface area contributed by atoms with Gasteiger partial charge in [-0.05, 0) is 98.6 Å². The zero-order valence-corrected chi connectivity index (χ0v) is 23.1. The van der Waals surface area contributed by atoms with Gasteiger partial charge >= 0.3 is 0 Å². The van der Waals surface area contributed by atoms with Crippen LogP contribution in [0, 0.1) is 0 Å². The average molecular weight is 554 g/mol. The Morgan fingerprint density at radius 1 is 1.00 bits per heavy atom.